The zero-order valence-corrected chi connectivity index (χ0v) is 14.1. The van der Waals surface area contributed by atoms with E-state index < -0.39 is 6.10 Å². The average Bonchev–Trinajstić information content (AvgIpc) is 3.03. The maximum Gasteiger partial charge on any atom is 0.224 e. The van der Waals surface area contributed by atoms with E-state index in [0.29, 0.717) is 23.8 Å². The fourth-order valence-electron chi connectivity index (χ4n) is 3.00. The third kappa shape index (κ3) is 3.39. The van der Waals surface area contributed by atoms with Crippen molar-refractivity contribution in [2.45, 2.75) is 38.0 Å². The second kappa shape index (κ2) is 7.23. The molecule has 0 bridgehead atoms. The van der Waals surface area contributed by atoms with Crippen LogP contribution in [0.2, 0.25) is 5.02 Å². The minimum Gasteiger partial charge on any atom is -0.492 e. The van der Waals surface area contributed by atoms with Gasteiger partial charge in [-0.05, 0) is 25.5 Å². The molecule has 1 aromatic heterocycles. The highest BCUT2D eigenvalue weighted by molar-refractivity contribution is 6.32. The molecule has 2 N–H and O–H groups in total. The van der Waals surface area contributed by atoms with Gasteiger partial charge in [0, 0.05) is 18.0 Å². The number of carbonyl (C=O) groups is 1. The number of amides is 1. The largest absolute Gasteiger partial charge is 0.492 e. The van der Waals surface area contributed by atoms with Crippen molar-refractivity contribution in [1.29, 1.82) is 0 Å². The van der Waals surface area contributed by atoms with E-state index in [1.807, 2.05) is 13.0 Å². The van der Waals surface area contributed by atoms with Gasteiger partial charge in [-0.1, -0.05) is 23.7 Å². The number of halogens is 1. The molecule has 0 spiro atoms. The highest BCUT2D eigenvalue weighted by atomic mass is 35.5. The van der Waals surface area contributed by atoms with Crippen LogP contribution in [0.4, 0.5) is 0 Å². The third-order valence-electron chi connectivity index (χ3n) is 4.17. The molecule has 1 aliphatic carbocycles. The lowest BCUT2D eigenvalue weighted by atomic mass is 9.83. The maximum atomic E-state index is 12.4. The monoisotopic (exact) mass is 349 g/mol. The van der Waals surface area contributed by atoms with Crippen molar-refractivity contribution in [2.75, 3.05) is 6.61 Å². The highest BCUT2D eigenvalue weighted by Gasteiger charge is 2.42. The molecule has 128 valence electrons. The molecule has 3 atom stereocenters. The van der Waals surface area contributed by atoms with Crippen molar-refractivity contribution in [3.63, 3.8) is 0 Å². The summed E-state index contributed by atoms with van der Waals surface area (Å²) in [5.74, 6) is 0.418. The Morgan fingerprint density at radius 3 is 3.00 bits per heavy atom. The SMILES string of the molecule is CCOc1c(Cl)cccc1CC(=O)N[C@H]1C[C@@H](O)[C@@H]1n1cccn1. The summed E-state index contributed by atoms with van der Waals surface area (Å²) in [6.45, 7) is 2.35. The van der Waals surface area contributed by atoms with Gasteiger partial charge >= 0.3 is 0 Å². The summed E-state index contributed by atoms with van der Waals surface area (Å²) in [4.78, 5) is 12.4. The number of aromatic nitrogens is 2. The van der Waals surface area contributed by atoms with Crippen molar-refractivity contribution in [3.05, 3.63) is 47.2 Å². The van der Waals surface area contributed by atoms with Crippen molar-refractivity contribution in [2.24, 2.45) is 0 Å². The minimum absolute atomic E-state index is 0.132. The summed E-state index contributed by atoms with van der Waals surface area (Å²) >= 11 is 6.14. The van der Waals surface area contributed by atoms with Crippen LogP contribution < -0.4 is 10.1 Å². The number of benzene rings is 1. The normalized spacial score (nSPS) is 22.7. The standard InChI is InChI=1S/C17H20ClN3O3/c1-2-24-17-11(5-3-6-12(17)18)9-15(23)20-13-10-14(22)16(13)21-8-4-7-19-21/h3-8,13-14,16,22H,2,9-10H2,1H3,(H,20,23)/t13-,14+,16+/m0/s1. The molecule has 1 amide bonds. The van der Waals surface area contributed by atoms with Gasteiger partial charge in [-0.2, -0.15) is 5.10 Å². The second-order valence-corrected chi connectivity index (χ2v) is 6.20. The van der Waals surface area contributed by atoms with Crippen LogP contribution in [0.25, 0.3) is 0 Å². The summed E-state index contributed by atoms with van der Waals surface area (Å²) in [6, 6.07) is 6.80. The van der Waals surface area contributed by atoms with E-state index in [0.717, 1.165) is 5.56 Å². The van der Waals surface area contributed by atoms with Crippen LogP contribution in [0.15, 0.2) is 36.7 Å². The number of ether oxygens (including phenoxy) is 1. The summed E-state index contributed by atoms with van der Waals surface area (Å²) in [6.07, 6.45) is 3.64. The Morgan fingerprint density at radius 1 is 1.50 bits per heavy atom. The molecule has 24 heavy (non-hydrogen) atoms. The number of para-hydroxylation sites is 1. The Labute approximate surface area is 145 Å². The van der Waals surface area contributed by atoms with Gasteiger partial charge in [-0.3, -0.25) is 9.48 Å². The zero-order chi connectivity index (χ0) is 17.1. The molecule has 0 unspecified atom stereocenters. The lowest BCUT2D eigenvalue weighted by Gasteiger charge is -2.41. The van der Waals surface area contributed by atoms with Crippen LogP contribution in [-0.4, -0.2) is 39.5 Å². The van der Waals surface area contributed by atoms with Gasteiger partial charge in [-0.25, -0.2) is 0 Å². The Hall–Kier alpha value is -2.05. The number of hydrogen-bond acceptors (Lipinski definition) is 4. The first-order valence-electron chi connectivity index (χ1n) is 7.97. The van der Waals surface area contributed by atoms with E-state index in [-0.39, 0.29) is 24.4 Å². The number of aliphatic hydroxyl groups excluding tert-OH is 1. The topological polar surface area (TPSA) is 76.4 Å². The quantitative estimate of drug-likeness (QED) is 0.836. The van der Waals surface area contributed by atoms with Gasteiger partial charge in [0.15, 0.2) is 0 Å². The first kappa shape index (κ1) is 16.8. The summed E-state index contributed by atoms with van der Waals surface area (Å²) in [7, 11) is 0. The van der Waals surface area contributed by atoms with Crippen molar-refractivity contribution in [1.82, 2.24) is 15.1 Å². The third-order valence-corrected chi connectivity index (χ3v) is 4.46. The van der Waals surface area contributed by atoms with Crippen LogP contribution in [0, 0.1) is 0 Å². The zero-order valence-electron chi connectivity index (χ0n) is 13.4. The van der Waals surface area contributed by atoms with Gasteiger partial charge in [0.05, 0.1) is 36.2 Å². The van der Waals surface area contributed by atoms with Gasteiger partial charge in [0.2, 0.25) is 5.91 Å². The van der Waals surface area contributed by atoms with Crippen LogP contribution in [0.3, 0.4) is 0 Å². The van der Waals surface area contributed by atoms with Gasteiger partial charge in [0.25, 0.3) is 0 Å². The fourth-order valence-corrected chi connectivity index (χ4v) is 3.25. The molecule has 0 aliphatic heterocycles. The molecule has 2 aromatic rings. The summed E-state index contributed by atoms with van der Waals surface area (Å²) in [5.41, 5.74) is 0.748. The molecule has 1 heterocycles. The summed E-state index contributed by atoms with van der Waals surface area (Å²) in [5, 5.41) is 17.6. The smallest absolute Gasteiger partial charge is 0.224 e. The Morgan fingerprint density at radius 2 is 2.33 bits per heavy atom. The van der Waals surface area contributed by atoms with Crippen LogP contribution in [0.1, 0.15) is 24.9 Å². The molecule has 6 nitrogen and oxygen atoms in total. The van der Waals surface area contributed by atoms with Crippen molar-refractivity contribution >= 4 is 17.5 Å². The van der Waals surface area contributed by atoms with E-state index in [9.17, 15) is 9.90 Å². The number of hydrogen-bond donors (Lipinski definition) is 2. The number of aliphatic hydroxyl groups is 1. The molecule has 1 saturated carbocycles. The Bertz CT molecular complexity index is 705. The minimum atomic E-state index is -0.500. The maximum absolute atomic E-state index is 12.4. The second-order valence-electron chi connectivity index (χ2n) is 5.79. The van der Waals surface area contributed by atoms with Gasteiger partial charge in [0.1, 0.15) is 5.75 Å². The van der Waals surface area contributed by atoms with Crippen molar-refractivity contribution in [3.8, 4) is 5.75 Å². The van der Waals surface area contributed by atoms with Gasteiger partial charge in [-0.15, -0.1) is 0 Å². The van der Waals surface area contributed by atoms with E-state index in [1.165, 1.54) is 0 Å². The van der Waals surface area contributed by atoms with Gasteiger partial charge < -0.3 is 15.2 Å². The number of nitrogens with zero attached hydrogens (tertiary/aromatic N) is 2. The Kier molecular flexibility index (Phi) is 5.06. The first-order valence-corrected chi connectivity index (χ1v) is 8.34. The molecular weight excluding hydrogens is 330 g/mol. The van der Waals surface area contributed by atoms with Crippen LogP contribution in [-0.2, 0) is 11.2 Å². The molecule has 1 aromatic carbocycles. The molecule has 0 saturated heterocycles. The molecule has 0 radical (unpaired) electrons. The lowest BCUT2D eigenvalue weighted by molar-refractivity contribution is -0.124. The number of carbonyl (C=O) groups excluding carboxylic acids is 1. The van der Waals surface area contributed by atoms with Crippen molar-refractivity contribution < 1.29 is 14.6 Å². The fraction of sp³-hybridized carbons (Fsp3) is 0.412. The number of nitrogens with one attached hydrogen (secondary N) is 1. The average molecular weight is 350 g/mol. The summed E-state index contributed by atoms with van der Waals surface area (Å²) < 4.78 is 7.23. The predicted octanol–water partition coefficient (Wildman–Crippen LogP) is 1.97. The number of rotatable bonds is 6. The molecule has 7 heteroatoms. The molecule has 1 fully saturated rings. The highest BCUT2D eigenvalue weighted by Crippen LogP contribution is 2.33. The first-order chi connectivity index (χ1) is 11.6. The lowest BCUT2D eigenvalue weighted by Crippen LogP contribution is -2.56. The van der Waals surface area contributed by atoms with Crippen LogP contribution in [0.5, 0.6) is 5.75 Å². The Balaban J connectivity index is 1.65. The predicted molar refractivity (Wildman–Crippen MR) is 90.1 cm³/mol. The van der Waals surface area contributed by atoms with Crippen LogP contribution >= 0.6 is 11.6 Å². The van der Waals surface area contributed by atoms with E-state index in [1.54, 1.807) is 35.3 Å². The molecule has 3 rings (SSSR count). The van der Waals surface area contributed by atoms with E-state index in [4.69, 9.17) is 16.3 Å². The molecule has 1 aliphatic rings. The van der Waals surface area contributed by atoms with E-state index >= 15 is 0 Å². The molecular formula is C17H20ClN3O3. The van der Waals surface area contributed by atoms with E-state index in [2.05, 4.69) is 10.4 Å².